The third kappa shape index (κ3) is 3.11. The lowest BCUT2D eigenvalue weighted by Gasteiger charge is -2.15. The lowest BCUT2D eigenvalue weighted by Crippen LogP contribution is -2.39. The van der Waals surface area contributed by atoms with Gasteiger partial charge in [0.2, 0.25) is 0 Å². The van der Waals surface area contributed by atoms with Crippen LogP contribution < -0.4 is 15.8 Å². The number of sulfonamides is 1. The van der Waals surface area contributed by atoms with E-state index < -0.39 is 21.1 Å². The Morgan fingerprint density at radius 1 is 1.00 bits per heavy atom. The highest BCUT2D eigenvalue weighted by atomic mass is 32.2. The molecule has 0 aliphatic rings. The third-order valence-electron chi connectivity index (χ3n) is 4.35. The summed E-state index contributed by atoms with van der Waals surface area (Å²) in [5.41, 5.74) is 0.640. The van der Waals surface area contributed by atoms with Gasteiger partial charge in [-0.3, -0.25) is 14.3 Å². The van der Waals surface area contributed by atoms with Crippen molar-refractivity contribution in [2.24, 2.45) is 14.1 Å². The molecule has 1 aromatic heterocycles. The van der Waals surface area contributed by atoms with E-state index in [0.29, 0.717) is 16.6 Å². The van der Waals surface area contributed by atoms with Crippen molar-refractivity contribution in [2.45, 2.75) is 11.8 Å². The van der Waals surface area contributed by atoms with Crippen LogP contribution in [-0.4, -0.2) is 17.6 Å². The zero-order chi connectivity index (χ0) is 19.9. The third-order valence-corrected chi connectivity index (χ3v) is 5.72. The van der Waals surface area contributed by atoms with Gasteiger partial charge >= 0.3 is 11.1 Å². The highest BCUT2D eigenvalue weighted by Gasteiger charge is 2.18. The fraction of sp³-hybridized carbons (Fsp3) is 0.167. The van der Waals surface area contributed by atoms with Crippen LogP contribution in [0, 0.1) is 18.3 Å². The van der Waals surface area contributed by atoms with E-state index in [1.807, 2.05) is 6.07 Å². The number of aryl methyl sites for hydroxylation is 3. The molecule has 27 heavy (non-hydrogen) atoms. The van der Waals surface area contributed by atoms with Gasteiger partial charge in [-0.05, 0) is 42.8 Å². The summed E-state index contributed by atoms with van der Waals surface area (Å²) in [4.78, 5) is 24.0. The molecule has 9 heteroatoms. The normalized spacial score (nSPS) is 11.3. The topological polar surface area (TPSA) is 114 Å². The minimum atomic E-state index is -3.94. The van der Waals surface area contributed by atoms with Crippen LogP contribution in [-0.2, 0) is 24.1 Å². The molecule has 0 unspecified atom stereocenters. The Bertz CT molecular complexity index is 1340. The van der Waals surface area contributed by atoms with Gasteiger partial charge in [0.1, 0.15) is 0 Å². The molecule has 0 fully saturated rings. The number of aromatic nitrogens is 2. The van der Waals surface area contributed by atoms with Gasteiger partial charge < -0.3 is 9.13 Å². The van der Waals surface area contributed by atoms with E-state index in [4.69, 9.17) is 5.26 Å². The SMILES string of the molecule is Cc1cc2c(cc1NS(=O)(=O)c1cccc(C#N)c1)n(C)c(=O)c(=O)n2C. The molecule has 3 aromatic rings. The zero-order valence-corrected chi connectivity index (χ0v) is 15.7. The molecule has 0 aliphatic heterocycles. The van der Waals surface area contributed by atoms with Crippen molar-refractivity contribution < 1.29 is 8.42 Å². The predicted molar refractivity (Wildman–Crippen MR) is 101 cm³/mol. The number of hydrogen-bond acceptors (Lipinski definition) is 5. The van der Waals surface area contributed by atoms with E-state index in [0.717, 1.165) is 0 Å². The fourth-order valence-corrected chi connectivity index (χ4v) is 3.94. The molecule has 0 aliphatic carbocycles. The summed E-state index contributed by atoms with van der Waals surface area (Å²) in [7, 11) is -0.992. The summed E-state index contributed by atoms with van der Waals surface area (Å²) >= 11 is 0. The van der Waals surface area contributed by atoms with Crippen LogP contribution in [0.4, 0.5) is 5.69 Å². The van der Waals surface area contributed by atoms with Crippen molar-refractivity contribution in [3.8, 4) is 6.07 Å². The number of anilines is 1. The molecule has 0 amide bonds. The van der Waals surface area contributed by atoms with Crippen molar-refractivity contribution in [1.29, 1.82) is 5.26 Å². The van der Waals surface area contributed by atoms with E-state index in [1.54, 1.807) is 13.0 Å². The monoisotopic (exact) mass is 384 g/mol. The van der Waals surface area contributed by atoms with Crippen LogP contribution >= 0.6 is 0 Å². The Labute approximate surface area is 155 Å². The molecule has 0 spiro atoms. The maximum Gasteiger partial charge on any atom is 0.316 e. The quantitative estimate of drug-likeness (QED) is 0.682. The summed E-state index contributed by atoms with van der Waals surface area (Å²) in [6.45, 7) is 1.69. The number of benzene rings is 2. The molecule has 138 valence electrons. The van der Waals surface area contributed by atoms with Crippen LogP contribution in [0.25, 0.3) is 11.0 Å². The molecular weight excluding hydrogens is 368 g/mol. The van der Waals surface area contributed by atoms with Crippen LogP contribution in [0.1, 0.15) is 11.1 Å². The molecule has 0 radical (unpaired) electrons. The first-order valence-electron chi connectivity index (χ1n) is 7.89. The summed E-state index contributed by atoms with van der Waals surface area (Å²) in [6.07, 6.45) is 0. The largest absolute Gasteiger partial charge is 0.316 e. The molecule has 0 saturated carbocycles. The van der Waals surface area contributed by atoms with Gasteiger partial charge in [0.05, 0.1) is 33.2 Å². The molecule has 1 N–H and O–H groups in total. The summed E-state index contributed by atoms with van der Waals surface area (Å²) in [5, 5.41) is 8.96. The molecular formula is C18H16N4O4S. The summed E-state index contributed by atoms with van der Waals surface area (Å²) in [5.74, 6) is 0. The van der Waals surface area contributed by atoms with Crippen LogP contribution in [0.5, 0.6) is 0 Å². The van der Waals surface area contributed by atoms with Crippen LogP contribution in [0.2, 0.25) is 0 Å². The lowest BCUT2D eigenvalue weighted by molar-refractivity contribution is 0.601. The van der Waals surface area contributed by atoms with Gasteiger partial charge in [0.15, 0.2) is 0 Å². The average Bonchev–Trinajstić information content (AvgIpc) is 2.65. The number of fused-ring (bicyclic) bond motifs is 1. The average molecular weight is 384 g/mol. The second-order valence-corrected chi connectivity index (χ2v) is 7.81. The standard InChI is InChI=1S/C18H16N4O4S/c1-11-7-15-16(22(3)18(24)17(23)21(15)2)9-14(11)20-27(25,26)13-6-4-5-12(8-13)10-19/h4-9,20H,1-3H3. The van der Waals surface area contributed by atoms with Crippen molar-refractivity contribution in [3.05, 3.63) is 68.2 Å². The Balaban J connectivity index is 2.18. The van der Waals surface area contributed by atoms with E-state index >= 15 is 0 Å². The van der Waals surface area contributed by atoms with Crippen molar-refractivity contribution in [2.75, 3.05) is 4.72 Å². The van der Waals surface area contributed by atoms with E-state index in [1.165, 1.54) is 53.6 Å². The minimum absolute atomic E-state index is 0.0459. The predicted octanol–water partition coefficient (Wildman–Crippen LogP) is 1.22. The molecule has 2 aromatic carbocycles. The number of nitrogens with one attached hydrogen (secondary N) is 1. The fourth-order valence-electron chi connectivity index (χ4n) is 2.77. The number of nitrogens with zero attached hydrogens (tertiary/aromatic N) is 3. The first kappa shape index (κ1) is 18.4. The minimum Gasteiger partial charge on any atom is -0.305 e. The highest BCUT2D eigenvalue weighted by Crippen LogP contribution is 2.24. The summed E-state index contributed by atoms with van der Waals surface area (Å²) < 4.78 is 30.3. The first-order valence-corrected chi connectivity index (χ1v) is 9.37. The maximum atomic E-state index is 12.7. The van der Waals surface area contributed by atoms with Gasteiger partial charge in [-0.1, -0.05) is 6.07 Å². The molecule has 1 heterocycles. The maximum absolute atomic E-state index is 12.7. The lowest BCUT2D eigenvalue weighted by atomic mass is 10.1. The Kier molecular flexibility index (Phi) is 4.37. The van der Waals surface area contributed by atoms with Crippen molar-refractivity contribution >= 4 is 26.7 Å². The Hall–Kier alpha value is -3.38. The van der Waals surface area contributed by atoms with E-state index in [2.05, 4.69) is 4.72 Å². The summed E-state index contributed by atoms with van der Waals surface area (Å²) in [6, 6.07) is 10.7. The number of hydrogen-bond donors (Lipinski definition) is 1. The van der Waals surface area contributed by atoms with E-state index in [9.17, 15) is 18.0 Å². The molecule has 3 rings (SSSR count). The second kappa shape index (κ2) is 6.41. The number of nitriles is 1. The molecule has 8 nitrogen and oxygen atoms in total. The molecule has 0 bridgehead atoms. The molecule has 0 saturated heterocycles. The van der Waals surface area contributed by atoms with Gasteiger partial charge in [-0.2, -0.15) is 5.26 Å². The van der Waals surface area contributed by atoms with Crippen LogP contribution in [0.3, 0.4) is 0 Å². The van der Waals surface area contributed by atoms with Gasteiger partial charge in [-0.15, -0.1) is 0 Å². The van der Waals surface area contributed by atoms with E-state index in [-0.39, 0.29) is 16.1 Å². The zero-order valence-electron chi connectivity index (χ0n) is 14.8. The van der Waals surface area contributed by atoms with Gasteiger partial charge in [0.25, 0.3) is 10.0 Å². The second-order valence-electron chi connectivity index (χ2n) is 6.13. The highest BCUT2D eigenvalue weighted by molar-refractivity contribution is 7.92. The van der Waals surface area contributed by atoms with Crippen molar-refractivity contribution in [3.63, 3.8) is 0 Å². The van der Waals surface area contributed by atoms with Gasteiger partial charge in [-0.25, -0.2) is 8.42 Å². The van der Waals surface area contributed by atoms with Gasteiger partial charge in [0, 0.05) is 14.1 Å². The van der Waals surface area contributed by atoms with Crippen LogP contribution in [0.15, 0.2) is 50.9 Å². The smallest absolute Gasteiger partial charge is 0.305 e. The molecule has 0 atom stereocenters. The Morgan fingerprint density at radius 3 is 2.19 bits per heavy atom. The first-order chi connectivity index (χ1) is 12.7. The Morgan fingerprint density at radius 2 is 1.59 bits per heavy atom. The van der Waals surface area contributed by atoms with Crippen molar-refractivity contribution in [1.82, 2.24) is 9.13 Å². The number of rotatable bonds is 3.